The summed E-state index contributed by atoms with van der Waals surface area (Å²) in [6.45, 7) is 2.01. The maximum absolute atomic E-state index is 11.6. The molecule has 0 amide bonds. The predicted octanol–water partition coefficient (Wildman–Crippen LogP) is 1.38. The van der Waals surface area contributed by atoms with Gasteiger partial charge in [0.15, 0.2) is 5.60 Å². The number of hydrogen-bond acceptors (Lipinski definition) is 4. The van der Waals surface area contributed by atoms with Gasteiger partial charge in [0.1, 0.15) is 0 Å². The number of esters is 1. The first-order valence-electron chi connectivity index (χ1n) is 5.44. The molecule has 4 heteroatoms. The van der Waals surface area contributed by atoms with Crippen LogP contribution in [0.4, 0.5) is 0 Å². The van der Waals surface area contributed by atoms with Crippen molar-refractivity contribution in [1.82, 2.24) is 0 Å². The van der Waals surface area contributed by atoms with Crippen LogP contribution in [0.2, 0.25) is 0 Å². The minimum atomic E-state index is -1.53. The highest BCUT2D eigenvalue weighted by Crippen LogP contribution is 2.32. The van der Waals surface area contributed by atoms with Gasteiger partial charge in [-0.2, -0.15) is 5.26 Å². The predicted molar refractivity (Wildman–Crippen MR) is 53.8 cm³/mol. The molecule has 0 aromatic rings. The Kier molecular flexibility index (Phi) is 4.10. The van der Waals surface area contributed by atoms with Crippen LogP contribution in [0.5, 0.6) is 0 Å². The van der Waals surface area contributed by atoms with Gasteiger partial charge in [0.25, 0.3) is 0 Å². The highest BCUT2D eigenvalue weighted by molar-refractivity contribution is 5.74. The van der Waals surface area contributed by atoms with Crippen LogP contribution in [-0.4, -0.2) is 23.3 Å². The van der Waals surface area contributed by atoms with Gasteiger partial charge in [0, 0.05) is 0 Å². The zero-order valence-electron chi connectivity index (χ0n) is 9.03. The number of aliphatic hydroxyl groups is 1. The highest BCUT2D eigenvalue weighted by atomic mass is 16.5. The summed E-state index contributed by atoms with van der Waals surface area (Å²) in [5.74, 6) is -1.12. The van der Waals surface area contributed by atoms with Crippen LogP contribution in [0.3, 0.4) is 0 Å². The fourth-order valence-corrected chi connectivity index (χ4v) is 2.02. The molecule has 0 heterocycles. The number of carbonyl (C=O) groups is 1. The van der Waals surface area contributed by atoms with Gasteiger partial charge in [-0.1, -0.05) is 12.8 Å². The number of ether oxygens (including phenoxy) is 1. The van der Waals surface area contributed by atoms with Gasteiger partial charge >= 0.3 is 5.97 Å². The van der Waals surface area contributed by atoms with Gasteiger partial charge < -0.3 is 9.84 Å². The molecule has 0 aliphatic heterocycles. The summed E-state index contributed by atoms with van der Waals surface area (Å²) in [4.78, 5) is 11.6. The smallest absolute Gasteiger partial charge is 0.312 e. The number of carbonyl (C=O) groups excluding carboxylic acids is 1. The largest absolute Gasteiger partial charge is 0.466 e. The molecule has 0 saturated heterocycles. The van der Waals surface area contributed by atoms with Gasteiger partial charge in [0.05, 0.1) is 18.6 Å². The topological polar surface area (TPSA) is 70.3 Å². The molecule has 0 aromatic heterocycles. The first-order valence-corrected chi connectivity index (χ1v) is 5.44. The Balaban J connectivity index is 2.80. The summed E-state index contributed by atoms with van der Waals surface area (Å²) >= 11 is 0. The van der Waals surface area contributed by atoms with Crippen LogP contribution in [0.25, 0.3) is 0 Å². The number of rotatable bonds is 2. The Hall–Kier alpha value is -1.08. The van der Waals surface area contributed by atoms with Crippen molar-refractivity contribution in [2.45, 2.75) is 44.6 Å². The molecular formula is C11H17NO3. The Morgan fingerprint density at radius 1 is 1.60 bits per heavy atom. The maximum atomic E-state index is 11.6. The molecule has 4 nitrogen and oxygen atoms in total. The Morgan fingerprint density at radius 3 is 2.93 bits per heavy atom. The van der Waals surface area contributed by atoms with Crippen LogP contribution < -0.4 is 0 Å². The molecule has 0 spiro atoms. The minimum Gasteiger partial charge on any atom is -0.466 e. The van der Waals surface area contributed by atoms with Crippen molar-refractivity contribution in [2.24, 2.45) is 5.92 Å². The van der Waals surface area contributed by atoms with E-state index in [1.165, 1.54) is 0 Å². The lowest BCUT2D eigenvalue weighted by Crippen LogP contribution is -2.41. The Morgan fingerprint density at radius 2 is 2.33 bits per heavy atom. The monoisotopic (exact) mass is 211 g/mol. The third-order valence-corrected chi connectivity index (χ3v) is 2.89. The summed E-state index contributed by atoms with van der Waals surface area (Å²) in [5.41, 5.74) is -1.53. The average Bonchev–Trinajstić information content (AvgIpc) is 2.41. The van der Waals surface area contributed by atoms with E-state index in [0.717, 1.165) is 19.3 Å². The van der Waals surface area contributed by atoms with E-state index in [1.54, 1.807) is 6.92 Å². The molecule has 15 heavy (non-hydrogen) atoms. The molecule has 1 fully saturated rings. The molecule has 2 unspecified atom stereocenters. The third kappa shape index (κ3) is 2.69. The van der Waals surface area contributed by atoms with Gasteiger partial charge in [-0.25, -0.2) is 0 Å². The van der Waals surface area contributed by atoms with Crippen molar-refractivity contribution in [3.63, 3.8) is 0 Å². The van der Waals surface area contributed by atoms with Crippen molar-refractivity contribution in [3.05, 3.63) is 0 Å². The summed E-state index contributed by atoms with van der Waals surface area (Å²) in [6.07, 6.45) is 3.53. The number of nitrogens with zero attached hydrogens (tertiary/aromatic N) is 1. The quantitative estimate of drug-likeness (QED) is 0.425. The lowest BCUT2D eigenvalue weighted by molar-refractivity contribution is -0.155. The molecule has 2 atom stereocenters. The van der Waals surface area contributed by atoms with Gasteiger partial charge in [-0.05, 0) is 26.2 Å². The normalized spacial score (nSPS) is 31.4. The first kappa shape index (κ1) is 12.0. The second kappa shape index (κ2) is 5.13. The van der Waals surface area contributed by atoms with Crippen LogP contribution in [0, 0.1) is 17.2 Å². The fourth-order valence-electron chi connectivity index (χ4n) is 2.02. The van der Waals surface area contributed by atoms with Crippen LogP contribution >= 0.6 is 0 Å². The van der Waals surface area contributed by atoms with Gasteiger partial charge in [-0.3, -0.25) is 4.79 Å². The van der Waals surface area contributed by atoms with E-state index in [1.807, 2.05) is 6.07 Å². The Labute approximate surface area is 89.8 Å². The molecular weight excluding hydrogens is 194 g/mol. The van der Waals surface area contributed by atoms with Crippen molar-refractivity contribution in [3.8, 4) is 6.07 Å². The summed E-state index contributed by atoms with van der Waals surface area (Å²) in [6, 6.07) is 1.86. The van der Waals surface area contributed by atoms with Crippen LogP contribution in [0.15, 0.2) is 0 Å². The number of hydrogen-bond donors (Lipinski definition) is 1. The molecule has 1 rings (SSSR count). The lowest BCUT2D eigenvalue weighted by Gasteiger charge is -2.26. The molecule has 84 valence electrons. The Bertz CT molecular complexity index is 271. The van der Waals surface area contributed by atoms with Gasteiger partial charge in [0.2, 0.25) is 0 Å². The molecule has 0 radical (unpaired) electrons. The van der Waals surface area contributed by atoms with E-state index in [4.69, 9.17) is 10.00 Å². The van der Waals surface area contributed by atoms with E-state index in [9.17, 15) is 9.90 Å². The SMILES string of the molecule is CCOC(=O)C1CCCCCC1(O)C#N. The summed E-state index contributed by atoms with van der Waals surface area (Å²) in [7, 11) is 0. The first-order chi connectivity index (χ1) is 7.14. The molecule has 1 aliphatic carbocycles. The van der Waals surface area contributed by atoms with E-state index in [2.05, 4.69) is 0 Å². The average molecular weight is 211 g/mol. The molecule has 0 bridgehead atoms. The number of nitriles is 1. The third-order valence-electron chi connectivity index (χ3n) is 2.89. The molecule has 1 saturated carbocycles. The highest BCUT2D eigenvalue weighted by Gasteiger charge is 2.43. The van der Waals surface area contributed by atoms with Crippen LogP contribution in [-0.2, 0) is 9.53 Å². The summed E-state index contributed by atoms with van der Waals surface area (Å²) < 4.78 is 4.88. The van der Waals surface area contributed by atoms with Crippen molar-refractivity contribution < 1.29 is 14.6 Å². The molecule has 0 aromatic carbocycles. The maximum Gasteiger partial charge on any atom is 0.312 e. The van der Waals surface area contributed by atoms with E-state index >= 15 is 0 Å². The van der Waals surface area contributed by atoms with Crippen molar-refractivity contribution in [2.75, 3.05) is 6.61 Å². The lowest BCUT2D eigenvalue weighted by atomic mass is 9.84. The zero-order chi connectivity index (χ0) is 11.3. The van der Waals surface area contributed by atoms with E-state index < -0.39 is 17.5 Å². The van der Waals surface area contributed by atoms with Crippen molar-refractivity contribution in [1.29, 1.82) is 5.26 Å². The molecule has 1 N–H and O–H groups in total. The minimum absolute atomic E-state index is 0.289. The second-order valence-electron chi connectivity index (χ2n) is 3.94. The van der Waals surface area contributed by atoms with Gasteiger partial charge in [-0.15, -0.1) is 0 Å². The second-order valence-corrected chi connectivity index (χ2v) is 3.94. The van der Waals surface area contributed by atoms with E-state index in [-0.39, 0.29) is 6.61 Å². The standard InChI is InChI=1S/C11H17NO3/c1-2-15-10(13)9-6-4-3-5-7-11(9,14)8-12/h9,14H,2-7H2,1H3. The zero-order valence-corrected chi connectivity index (χ0v) is 9.03. The summed E-state index contributed by atoms with van der Waals surface area (Å²) in [5, 5.41) is 19.0. The molecule has 1 aliphatic rings. The fraction of sp³-hybridized carbons (Fsp3) is 0.818. The van der Waals surface area contributed by atoms with E-state index in [0.29, 0.717) is 12.8 Å². The van der Waals surface area contributed by atoms with Crippen molar-refractivity contribution >= 4 is 5.97 Å². The van der Waals surface area contributed by atoms with Crippen LogP contribution in [0.1, 0.15) is 39.0 Å².